The monoisotopic (exact) mass is 396 g/mol. The first-order chi connectivity index (χ1) is 11.0. The Hall–Kier alpha value is -1.66. The minimum absolute atomic E-state index is 0.0422. The number of ketones is 1. The van der Waals surface area contributed by atoms with Gasteiger partial charge in [0.2, 0.25) is 0 Å². The lowest BCUT2D eigenvalue weighted by Crippen LogP contribution is -2.09. The highest BCUT2D eigenvalue weighted by Crippen LogP contribution is 2.34. The van der Waals surface area contributed by atoms with Crippen molar-refractivity contribution in [2.24, 2.45) is 0 Å². The Bertz CT molecular complexity index is 703. The fourth-order valence-corrected chi connectivity index (χ4v) is 3.34. The molecule has 0 radical (unpaired) electrons. The maximum absolute atomic E-state index is 14.0. The van der Waals surface area contributed by atoms with Crippen molar-refractivity contribution in [2.75, 3.05) is 5.75 Å². The first-order valence-corrected chi connectivity index (χ1v) is 8.68. The molecule has 2 aromatic rings. The molecule has 0 fully saturated rings. The van der Waals surface area contributed by atoms with Gasteiger partial charge in [-0.1, -0.05) is 46.3 Å². The van der Waals surface area contributed by atoms with Crippen molar-refractivity contribution in [2.45, 2.75) is 11.7 Å². The molecular formula is C17H14BrFO3S. The van der Waals surface area contributed by atoms with Gasteiger partial charge in [-0.05, 0) is 18.2 Å². The third-order valence-corrected chi connectivity index (χ3v) is 4.96. The van der Waals surface area contributed by atoms with E-state index in [1.165, 1.54) is 6.07 Å². The summed E-state index contributed by atoms with van der Waals surface area (Å²) in [6, 6.07) is 13.0. The van der Waals surface area contributed by atoms with Crippen molar-refractivity contribution in [1.82, 2.24) is 0 Å². The second kappa shape index (κ2) is 8.26. The highest BCUT2D eigenvalue weighted by atomic mass is 79.9. The quantitative estimate of drug-likeness (QED) is 0.687. The summed E-state index contributed by atoms with van der Waals surface area (Å²) in [7, 11) is 0. The van der Waals surface area contributed by atoms with Crippen LogP contribution >= 0.6 is 27.7 Å². The molecule has 0 aliphatic heterocycles. The van der Waals surface area contributed by atoms with E-state index in [2.05, 4.69) is 15.9 Å². The van der Waals surface area contributed by atoms with Gasteiger partial charge < -0.3 is 5.11 Å². The second-order valence-electron chi connectivity index (χ2n) is 4.85. The first-order valence-electron chi connectivity index (χ1n) is 6.84. The van der Waals surface area contributed by atoms with Crippen LogP contribution in [0.3, 0.4) is 0 Å². The van der Waals surface area contributed by atoms with Crippen LogP contribution in [0.15, 0.2) is 53.0 Å². The topological polar surface area (TPSA) is 54.4 Å². The minimum atomic E-state index is -0.993. The van der Waals surface area contributed by atoms with E-state index < -0.39 is 17.0 Å². The van der Waals surface area contributed by atoms with E-state index in [4.69, 9.17) is 5.11 Å². The third-order valence-electron chi connectivity index (χ3n) is 3.20. The van der Waals surface area contributed by atoms with Crippen LogP contribution in [0.25, 0.3) is 0 Å². The number of hydrogen-bond acceptors (Lipinski definition) is 3. The number of benzene rings is 2. The third kappa shape index (κ3) is 5.18. The Balaban J connectivity index is 2.20. The predicted octanol–water partition coefficient (Wildman–Crippen LogP) is 4.72. The molecule has 23 heavy (non-hydrogen) atoms. The standard InChI is InChI=1S/C17H14BrFO3S/c18-12-7-5-11(6-8-12)15(20)9-16(23-10-17(21)22)13-3-1-2-4-14(13)19/h1-8,16H,9-10H2,(H,21,22). The summed E-state index contributed by atoms with van der Waals surface area (Å²) in [5, 5.41) is 8.32. The maximum Gasteiger partial charge on any atom is 0.313 e. The molecule has 3 nitrogen and oxygen atoms in total. The van der Waals surface area contributed by atoms with Crippen LogP contribution in [0.5, 0.6) is 0 Å². The number of carbonyl (C=O) groups excluding carboxylic acids is 1. The number of halogens is 2. The predicted molar refractivity (Wildman–Crippen MR) is 92.3 cm³/mol. The molecule has 2 rings (SSSR count). The van der Waals surface area contributed by atoms with E-state index in [-0.39, 0.29) is 18.0 Å². The van der Waals surface area contributed by atoms with Gasteiger partial charge in [0, 0.05) is 27.3 Å². The van der Waals surface area contributed by atoms with Gasteiger partial charge in [0.1, 0.15) is 5.82 Å². The summed E-state index contributed by atoms with van der Waals surface area (Å²) in [5.41, 5.74) is 0.870. The highest BCUT2D eigenvalue weighted by molar-refractivity contribution is 9.10. The van der Waals surface area contributed by atoms with Crippen LogP contribution in [0.1, 0.15) is 27.6 Å². The minimum Gasteiger partial charge on any atom is -0.481 e. The second-order valence-corrected chi connectivity index (χ2v) is 6.96. The molecule has 1 atom stereocenters. The normalized spacial score (nSPS) is 11.9. The van der Waals surface area contributed by atoms with Crippen LogP contribution < -0.4 is 0 Å². The molecule has 0 aromatic heterocycles. The molecule has 6 heteroatoms. The van der Waals surface area contributed by atoms with Crippen molar-refractivity contribution in [3.63, 3.8) is 0 Å². The van der Waals surface area contributed by atoms with Crippen LogP contribution in [0, 0.1) is 5.82 Å². The van der Waals surface area contributed by atoms with E-state index in [0.717, 1.165) is 16.2 Å². The Morgan fingerprint density at radius 3 is 2.39 bits per heavy atom. The van der Waals surface area contributed by atoms with Gasteiger partial charge in [-0.15, -0.1) is 11.8 Å². The number of carboxylic acids is 1. The van der Waals surface area contributed by atoms with Crippen LogP contribution in [0.2, 0.25) is 0 Å². The smallest absolute Gasteiger partial charge is 0.313 e. The van der Waals surface area contributed by atoms with Gasteiger partial charge in [-0.25, -0.2) is 4.39 Å². The number of Topliss-reactive ketones (excluding diaryl/α,β-unsaturated/α-hetero) is 1. The maximum atomic E-state index is 14.0. The van der Waals surface area contributed by atoms with Gasteiger partial charge in [-0.3, -0.25) is 9.59 Å². The van der Waals surface area contributed by atoms with Gasteiger partial charge in [-0.2, -0.15) is 0 Å². The van der Waals surface area contributed by atoms with Gasteiger partial charge in [0.05, 0.1) is 5.75 Å². The lowest BCUT2D eigenvalue weighted by atomic mass is 10.0. The molecule has 1 unspecified atom stereocenters. The number of carboxylic acid groups (broad SMARTS) is 1. The molecule has 1 N–H and O–H groups in total. The van der Waals surface area contributed by atoms with Crippen molar-refractivity contribution in [3.8, 4) is 0 Å². The van der Waals surface area contributed by atoms with E-state index in [0.29, 0.717) is 11.1 Å². The Labute approximate surface area is 146 Å². The Morgan fingerprint density at radius 2 is 1.78 bits per heavy atom. The summed E-state index contributed by atoms with van der Waals surface area (Å²) < 4.78 is 14.9. The van der Waals surface area contributed by atoms with Gasteiger partial charge in [0.15, 0.2) is 5.78 Å². The van der Waals surface area contributed by atoms with Crippen molar-refractivity contribution in [1.29, 1.82) is 0 Å². The molecule has 0 bridgehead atoms. The van der Waals surface area contributed by atoms with Crippen molar-refractivity contribution >= 4 is 39.4 Å². The lowest BCUT2D eigenvalue weighted by Gasteiger charge is -2.16. The molecule has 0 saturated heterocycles. The first kappa shape index (κ1) is 17.7. The molecule has 2 aromatic carbocycles. The van der Waals surface area contributed by atoms with Gasteiger partial charge in [0.25, 0.3) is 0 Å². The van der Waals surface area contributed by atoms with E-state index in [9.17, 15) is 14.0 Å². The zero-order chi connectivity index (χ0) is 16.8. The van der Waals surface area contributed by atoms with Crippen LogP contribution in [0.4, 0.5) is 4.39 Å². The fraction of sp³-hybridized carbons (Fsp3) is 0.176. The largest absolute Gasteiger partial charge is 0.481 e. The molecule has 0 amide bonds. The number of rotatable bonds is 7. The van der Waals surface area contributed by atoms with E-state index in [1.54, 1.807) is 42.5 Å². The van der Waals surface area contributed by atoms with E-state index >= 15 is 0 Å². The highest BCUT2D eigenvalue weighted by Gasteiger charge is 2.21. The molecule has 0 saturated carbocycles. The fourth-order valence-electron chi connectivity index (χ4n) is 2.09. The molecule has 0 aliphatic carbocycles. The van der Waals surface area contributed by atoms with Crippen molar-refractivity contribution in [3.05, 3.63) is 69.9 Å². The zero-order valence-electron chi connectivity index (χ0n) is 12.0. The molecular weight excluding hydrogens is 383 g/mol. The SMILES string of the molecule is O=C(O)CSC(CC(=O)c1ccc(Br)cc1)c1ccccc1F. The Kier molecular flexibility index (Phi) is 6.36. The van der Waals surface area contributed by atoms with E-state index in [1.807, 2.05) is 0 Å². The summed E-state index contributed by atoms with van der Waals surface area (Å²) in [6.45, 7) is 0. The number of aliphatic carboxylic acids is 1. The lowest BCUT2D eigenvalue weighted by molar-refractivity contribution is -0.133. The number of carbonyl (C=O) groups is 2. The van der Waals surface area contributed by atoms with Crippen molar-refractivity contribution < 1.29 is 19.1 Å². The summed E-state index contributed by atoms with van der Waals surface area (Å²) in [6.07, 6.45) is 0.0422. The average molecular weight is 397 g/mol. The molecule has 120 valence electrons. The zero-order valence-corrected chi connectivity index (χ0v) is 14.4. The molecule has 0 spiro atoms. The summed E-state index contributed by atoms with van der Waals surface area (Å²) in [4.78, 5) is 23.2. The number of hydrogen-bond donors (Lipinski definition) is 1. The average Bonchev–Trinajstić information content (AvgIpc) is 2.52. The van der Waals surface area contributed by atoms with Gasteiger partial charge >= 0.3 is 5.97 Å². The van der Waals surface area contributed by atoms with Crippen LogP contribution in [-0.2, 0) is 4.79 Å². The Morgan fingerprint density at radius 1 is 1.13 bits per heavy atom. The summed E-state index contributed by atoms with van der Waals surface area (Å²) in [5.74, 6) is -1.76. The molecule has 0 heterocycles. The summed E-state index contributed by atoms with van der Waals surface area (Å²) >= 11 is 4.36. The van der Waals surface area contributed by atoms with Crippen LogP contribution in [-0.4, -0.2) is 22.6 Å². The molecule has 0 aliphatic rings. The number of thioether (sulfide) groups is 1.